The molecule has 6 nitrogen and oxygen atoms in total. The third-order valence-electron chi connectivity index (χ3n) is 3.37. The molecular formula is C13H24N2O4. The molecule has 2 unspecified atom stereocenters. The summed E-state index contributed by atoms with van der Waals surface area (Å²) in [5.41, 5.74) is 0. The Morgan fingerprint density at radius 1 is 1.42 bits per heavy atom. The number of nitrogens with one attached hydrogen (secondary N) is 2. The van der Waals surface area contributed by atoms with Crippen LogP contribution in [0.3, 0.4) is 0 Å². The largest absolute Gasteiger partial charge is 0.480 e. The minimum atomic E-state index is -0.999. The van der Waals surface area contributed by atoms with Gasteiger partial charge in [0.05, 0.1) is 6.10 Å². The minimum Gasteiger partial charge on any atom is -0.480 e. The normalized spacial score (nSPS) is 24.2. The van der Waals surface area contributed by atoms with Crippen molar-refractivity contribution in [2.24, 2.45) is 11.8 Å². The molecule has 0 saturated carbocycles. The van der Waals surface area contributed by atoms with Gasteiger partial charge >= 0.3 is 12.0 Å². The molecule has 0 aromatic rings. The molecule has 0 aromatic heterocycles. The van der Waals surface area contributed by atoms with Crippen molar-refractivity contribution in [3.63, 3.8) is 0 Å². The molecule has 3 N–H and O–H groups in total. The lowest BCUT2D eigenvalue weighted by atomic mass is 10.0. The van der Waals surface area contributed by atoms with Crippen molar-refractivity contribution in [1.82, 2.24) is 10.6 Å². The van der Waals surface area contributed by atoms with Gasteiger partial charge in [0.15, 0.2) is 0 Å². The maximum absolute atomic E-state index is 11.7. The van der Waals surface area contributed by atoms with Crippen molar-refractivity contribution in [3.05, 3.63) is 0 Å². The second kappa shape index (κ2) is 7.33. The summed E-state index contributed by atoms with van der Waals surface area (Å²) in [6.45, 7) is 7.07. The van der Waals surface area contributed by atoms with Crippen molar-refractivity contribution in [3.8, 4) is 0 Å². The molecule has 1 fully saturated rings. The molecule has 2 amide bonds. The first-order chi connectivity index (χ1) is 8.90. The van der Waals surface area contributed by atoms with Gasteiger partial charge in [-0.15, -0.1) is 0 Å². The highest BCUT2D eigenvalue weighted by Crippen LogP contribution is 2.19. The number of carbonyl (C=O) groups is 2. The lowest BCUT2D eigenvalue weighted by Gasteiger charge is -2.19. The predicted octanol–water partition coefficient (Wildman–Crippen LogP) is 1.21. The van der Waals surface area contributed by atoms with Crippen LogP contribution in [0.5, 0.6) is 0 Å². The second-order valence-corrected chi connectivity index (χ2v) is 5.50. The lowest BCUT2D eigenvalue weighted by Crippen LogP contribution is -2.47. The molecule has 1 aliphatic heterocycles. The van der Waals surface area contributed by atoms with Gasteiger partial charge in [-0.3, -0.25) is 0 Å². The SMILES string of the molecule is CC(C)C[C@H](NC(=O)NCC1CCOC1C)C(=O)O. The topological polar surface area (TPSA) is 87.7 Å². The van der Waals surface area contributed by atoms with E-state index in [0.29, 0.717) is 18.9 Å². The van der Waals surface area contributed by atoms with Crippen LogP contribution in [0.15, 0.2) is 0 Å². The van der Waals surface area contributed by atoms with Crippen LogP contribution in [0.2, 0.25) is 0 Å². The third kappa shape index (κ3) is 5.46. The number of ether oxygens (including phenoxy) is 1. The number of hydrogen-bond acceptors (Lipinski definition) is 3. The second-order valence-electron chi connectivity index (χ2n) is 5.50. The molecule has 0 radical (unpaired) electrons. The molecule has 1 heterocycles. The molecule has 0 bridgehead atoms. The van der Waals surface area contributed by atoms with E-state index in [1.165, 1.54) is 0 Å². The predicted molar refractivity (Wildman–Crippen MR) is 70.9 cm³/mol. The van der Waals surface area contributed by atoms with E-state index in [9.17, 15) is 9.59 Å². The Bertz CT molecular complexity index is 320. The maximum Gasteiger partial charge on any atom is 0.326 e. The van der Waals surface area contributed by atoms with E-state index in [0.717, 1.165) is 13.0 Å². The first-order valence-corrected chi connectivity index (χ1v) is 6.79. The fourth-order valence-electron chi connectivity index (χ4n) is 2.17. The quantitative estimate of drug-likeness (QED) is 0.678. The monoisotopic (exact) mass is 272 g/mol. The van der Waals surface area contributed by atoms with Gasteiger partial charge < -0.3 is 20.5 Å². The molecule has 6 heteroatoms. The van der Waals surface area contributed by atoms with Crippen LogP contribution in [0.25, 0.3) is 0 Å². The summed E-state index contributed by atoms with van der Waals surface area (Å²) in [5, 5.41) is 14.2. The van der Waals surface area contributed by atoms with E-state index < -0.39 is 18.0 Å². The number of hydrogen-bond donors (Lipinski definition) is 3. The number of carboxylic acid groups (broad SMARTS) is 1. The summed E-state index contributed by atoms with van der Waals surface area (Å²) in [4.78, 5) is 22.7. The Morgan fingerprint density at radius 2 is 2.11 bits per heavy atom. The Hall–Kier alpha value is -1.30. The summed E-state index contributed by atoms with van der Waals surface area (Å²) < 4.78 is 5.40. The van der Waals surface area contributed by atoms with E-state index in [1.54, 1.807) is 0 Å². The van der Waals surface area contributed by atoms with Gasteiger partial charge in [0.1, 0.15) is 6.04 Å². The first-order valence-electron chi connectivity index (χ1n) is 6.79. The molecule has 19 heavy (non-hydrogen) atoms. The first kappa shape index (κ1) is 15.8. The fourth-order valence-corrected chi connectivity index (χ4v) is 2.17. The molecule has 3 atom stereocenters. The molecule has 0 aliphatic carbocycles. The number of carboxylic acids is 1. The molecule has 1 saturated heterocycles. The maximum atomic E-state index is 11.7. The van der Waals surface area contributed by atoms with Gasteiger partial charge in [-0.25, -0.2) is 9.59 Å². The van der Waals surface area contributed by atoms with E-state index in [-0.39, 0.29) is 12.0 Å². The van der Waals surface area contributed by atoms with Gasteiger partial charge in [-0.2, -0.15) is 0 Å². The van der Waals surface area contributed by atoms with Crippen molar-refractivity contribution in [2.75, 3.05) is 13.2 Å². The van der Waals surface area contributed by atoms with Crippen molar-refractivity contribution < 1.29 is 19.4 Å². The molecule has 110 valence electrons. The van der Waals surface area contributed by atoms with E-state index in [2.05, 4.69) is 10.6 Å². The summed E-state index contributed by atoms with van der Waals surface area (Å²) in [7, 11) is 0. The Kier molecular flexibility index (Phi) is 6.08. The van der Waals surface area contributed by atoms with E-state index >= 15 is 0 Å². The average molecular weight is 272 g/mol. The zero-order chi connectivity index (χ0) is 14.4. The van der Waals surface area contributed by atoms with Crippen LogP contribution in [0.4, 0.5) is 4.79 Å². The van der Waals surface area contributed by atoms with Crippen LogP contribution in [-0.4, -0.2) is 42.4 Å². The lowest BCUT2D eigenvalue weighted by molar-refractivity contribution is -0.139. The summed E-state index contributed by atoms with van der Waals surface area (Å²) in [5.74, 6) is -0.481. The number of aliphatic carboxylic acids is 1. The zero-order valence-corrected chi connectivity index (χ0v) is 11.8. The fraction of sp³-hybridized carbons (Fsp3) is 0.846. The van der Waals surface area contributed by atoms with Crippen LogP contribution in [-0.2, 0) is 9.53 Å². The average Bonchev–Trinajstić information content (AvgIpc) is 2.70. The van der Waals surface area contributed by atoms with Crippen LogP contribution >= 0.6 is 0 Å². The molecule has 1 rings (SSSR count). The van der Waals surface area contributed by atoms with E-state index in [4.69, 9.17) is 9.84 Å². The molecule has 0 aromatic carbocycles. The molecule has 0 spiro atoms. The van der Waals surface area contributed by atoms with Crippen molar-refractivity contribution in [2.45, 2.75) is 45.8 Å². The minimum absolute atomic E-state index is 0.145. The standard InChI is InChI=1S/C13H24N2O4/c1-8(2)6-11(12(16)17)15-13(18)14-7-10-4-5-19-9(10)3/h8-11H,4-7H2,1-3H3,(H,16,17)(H2,14,15,18)/t9?,10?,11-/m0/s1. The van der Waals surface area contributed by atoms with Crippen molar-refractivity contribution in [1.29, 1.82) is 0 Å². The van der Waals surface area contributed by atoms with Gasteiger partial charge in [0.2, 0.25) is 0 Å². The molecular weight excluding hydrogens is 248 g/mol. The summed E-state index contributed by atoms with van der Waals surface area (Å²) in [6, 6.07) is -1.26. The van der Waals surface area contributed by atoms with Crippen LogP contribution in [0, 0.1) is 11.8 Å². The van der Waals surface area contributed by atoms with Gasteiger partial charge in [-0.1, -0.05) is 13.8 Å². The Balaban J connectivity index is 2.33. The highest BCUT2D eigenvalue weighted by Gasteiger charge is 2.25. The van der Waals surface area contributed by atoms with E-state index in [1.807, 2.05) is 20.8 Å². The van der Waals surface area contributed by atoms with Crippen LogP contribution in [0.1, 0.15) is 33.6 Å². The summed E-state index contributed by atoms with van der Waals surface area (Å²) >= 11 is 0. The van der Waals surface area contributed by atoms with Crippen molar-refractivity contribution >= 4 is 12.0 Å². The zero-order valence-electron chi connectivity index (χ0n) is 11.8. The highest BCUT2D eigenvalue weighted by atomic mass is 16.5. The highest BCUT2D eigenvalue weighted by molar-refractivity contribution is 5.82. The molecule has 1 aliphatic rings. The number of rotatable bonds is 6. The number of carbonyl (C=O) groups excluding carboxylic acids is 1. The Morgan fingerprint density at radius 3 is 2.58 bits per heavy atom. The van der Waals surface area contributed by atoms with Crippen LogP contribution < -0.4 is 10.6 Å². The number of urea groups is 1. The Labute approximate surface area is 113 Å². The van der Waals surface area contributed by atoms with Gasteiger partial charge in [0, 0.05) is 19.1 Å². The number of amides is 2. The van der Waals surface area contributed by atoms with Gasteiger partial charge in [-0.05, 0) is 25.7 Å². The third-order valence-corrected chi connectivity index (χ3v) is 3.37. The van der Waals surface area contributed by atoms with Gasteiger partial charge in [0.25, 0.3) is 0 Å². The summed E-state index contributed by atoms with van der Waals surface area (Å²) in [6.07, 6.45) is 1.49. The smallest absolute Gasteiger partial charge is 0.326 e.